The summed E-state index contributed by atoms with van der Waals surface area (Å²) < 4.78 is 0. The number of hydrogen-bond donors (Lipinski definition) is 0. The van der Waals surface area contributed by atoms with E-state index in [-0.39, 0.29) is 16.9 Å². The molecule has 0 heterocycles. The van der Waals surface area contributed by atoms with Gasteiger partial charge in [0, 0.05) is 26.8 Å². The van der Waals surface area contributed by atoms with Crippen LogP contribution in [-0.4, -0.2) is 6.29 Å². The molecule has 0 radical (unpaired) electrons. The van der Waals surface area contributed by atoms with Crippen molar-refractivity contribution in [1.82, 2.24) is 0 Å². The fourth-order valence-corrected chi connectivity index (χ4v) is 0.933. The van der Waals surface area contributed by atoms with Gasteiger partial charge in [0.15, 0.2) is 6.29 Å². The Morgan fingerprint density at radius 3 is 2.00 bits per heavy atom. The molecule has 0 bridgehead atoms. The molecule has 0 saturated carbocycles. The average molecular weight is 188 g/mol. The molecule has 0 aromatic heterocycles. The molecular formula is C7H4N6O. The van der Waals surface area contributed by atoms with Crippen LogP contribution in [0.1, 0.15) is 10.4 Å². The van der Waals surface area contributed by atoms with E-state index in [1.165, 1.54) is 18.2 Å². The number of aldehydes is 1. The van der Waals surface area contributed by atoms with Gasteiger partial charge >= 0.3 is 0 Å². The molecule has 7 nitrogen and oxygen atoms in total. The van der Waals surface area contributed by atoms with Crippen LogP contribution in [0.3, 0.4) is 0 Å². The smallest absolute Gasteiger partial charge is 0.150 e. The lowest BCUT2D eigenvalue weighted by Crippen LogP contribution is -1.80. The summed E-state index contributed by atoms with van der Waals surface area (Å²) in [5, 5.41) is 6.57. The van der Waals surface area contributed by atoms with Gasteiger partial charge in [-0.3, -0.25) is 4.79 Å². The zero-order chi connectivity index (χ0) is 10.4. The molecule has 1 rings (SSSR count). The van der Waals surface area contributed by atoms with E-state index in [1.54, 1.807) is 0 Å². The Bertz CT molecular complexity index is 419. The molecule has 14 heavy (non-hydrogen) atoms. The van der Waals surface area contributed by atoms with Crippen molar-refractivity contribution in [3.63, 3.8) is 0 Å². The van der Waals surface area contributed by atoms with Gasteiger partial charge < -0.3 is 0 Å². The first-order chi connectivity index (χ1) is 6.83. The molecule has 1 aromatic carbocycles. The zero-order valence-corrected chi connectivity index (χ0v) is 6.90. The van der Waals surface area contributed by atoms with Crippen molar-refractivity contribution < 1.29 is 4.79 Å². The maximum Gasteiger partial charge on any atom is 0.150 e. The van der Waals surface area contributed by atoms with Crippen LogP contribution in [0.4, 0.5) is 11.4 Å². The first kappa shape index (κ1) is 9.60. The van der Waals surface area contributed by atoms with Gasteiger partial charge in [-0.25, -0.2) is 0 Å². The number of nitrogens with zero attached hydrogens (tertiary/aromatic N) is 6. The van der Waals surface area contributed by atoms with E-state index < -0.39 is 0 Å². The van der Waals surface area contributed by atoms with Crippen molar-refractivity contribution in [3.05, 3.63) is 44.6 Å². The van der Waals surface area contributed by atoms with E-state index in [1.807, 2.05) is 0 Å². The fraction of sp³-hybridized carbons (Fsp3) is 0. The highest BCUT2D eigenvalue weighted by atomic mass is 16.1. The van der Waals surface area contributed by atoms with Crippen molar-refractivity contribution in [3.8, 4) is 0 Å². The molecule has 0 spiro atoms. The third-order valence-corrected chi connectivity index (χ3v) is 1.48. The Morgan fingerprint density at radius 2 is 1.64 bits per heavy atom. The lowest BCUT2D eigenvalue weighted by Gasteiger charge is -1.99. The average Bonchev–Trinajstić information content (AvgIpc) is 2.19. The molecule has 0 aliphatic rings. The predicted molar refractivity (Wildman–Crippen MR) is 49.4 cm³/mol. The molecule has 0 aliphatic heterocycles. The van der Waals surface area contributed by atoms with E-state index in [0.717, 1.165) is 0 Å². The lowest BCUT2D eigenvalue weighted by molar-refractivity contribution is 0.112. The van der Waals surface area contributed by atoms with Gasteiger partial charge in [-0.05, 0) is 11.1 Å². The number of carbonyl (C=O) groups is 1. The second-order valence-electron chi connectivity index (χ2n) is 2.21. The van der Waals surface area contributed by atoms with E-state index >= 15 is 0 Å². The summed E-state index contributed by atoms with van der Waals surface area (Å²) in [7, 11) is 0. The summed E-state index contributed by atoms with van der Waals surface area (Å²) in [6, 6.07) is 4.45. The second-order valence-corrected chi connectivity index (χ2v) is 2.21. The monoisotopic (exact) mass is 188 g/mol. The summed E-state index contributed by atoms with van der Waals surface area (Å²) in [4.78, 5) is 15.7. The minimum atomic E-state index is 0.0862. The highest BCUT2D eigenvalue weighted by Gasteiger charge is 2.03. The molecule has 0 atom stereocenters. The third-order valence-electron chi connectivity index (χ3n) is 1.48. The van der Waals surface area contributed by atoms with Crippen LogP contribution >= 0.6 is 0 Å². The van der Waals surface area contributed by atoms with Gasteiger partial charge in [-0.2, -0.15) is 0 Å². The van der Waals surface area contributed by atoms with Crippen LogP contribution in [0.5, 0.6) is 0 Å². The first-order valence-electron chi connectivity index (χ1n) is 3.52. The number of rotatable bonds is 3. The molecule has 0 aliphatic carbocycles. The Kier molecular flexibility index (Phi) is 3.09. The number of carbonyl (C=O) groups excluding carboxylic acids is 1. The molecule has 0 amide bonds. The molecule has 7 heteroatoms. The molecule has 1 aromatic rings. The fourth-order valence-electron chi connectivity index (χ4n) is 0.933. The topological polar surface area (TPSA) is 115 Å². The quantitative estimate of drug-likeness (QED) is 0.307. The minimum Gasteiger partial charge on any atom is -0.298 e. The van der Waals surface area contributed by atoms with Crippen molar-refractivity contribution in [2.45, 2.75) is 0 Å². The van der Waals surface area contributed by atoms with Crippen molar-refractivity contribution in [2.24, 2.45) is 10.2 Å². The van der Waals surface area contributed by atoms with Gasteiger partial charge in [0.1, 0.15) is 0 Å². The highest BCUT2D eigenvalue weighted by molar-refractivity contribution is 5.89. The molecule has 0 unspecified atom stereocenters. The second kappa shape index (κ2) is 4.51. The predicted octanol–water partition coefficient (Wildman–Crippen LogP) is 3.38. The standard InChI is InChI=1S/C7H4N6O/c8-12-10-6-2-1-3-7(11-13-9)5(6)4-14/h1-4H. The summed E-state index contributed by atoms with van der Waals surface area (Å²) >= 11 is 0. The normalized spacial score (nSPS) is 8.29. The SMILES string of the molecule is [N-]=[N+]=Nc1cccc(N=[N+]=[N-])c1C=O. The van der Waals surface area contributed by atoms with E-state index in [4.69, 9.17) is 11.1 Å². The van der Waals surface area contributed by atoms with Crippen LogP contribution < -0.4 is 0 Å². The number of benzene rings is 1. The largest absolute Gasteiger partial charge is 0.298 e. The van der Waals surface area contributed by atoms with E-state index in [2.05, 4.69) is 20.1 Å². The first-order valence-corrected chi connectivity index (χ1v) is 3.52. The maximum absolute atomic E-state index is 10.6. The molecule has 0 saturated heterocycles. The lowest BCUT2D eigenvalue weighted by atomic mass is 10.1. The maximum atomic E-state index is 10.6. The molecule has 0 N–H and O–H groups in total. The van der Waals surface area contributed by atoms with Crippen LogP contribution in [0.15, 0.2) is 28.4 Å². The highest BCUT2D eigenvalue weighted by Crippen LogP contribution is 2.27. The van der Waals surface area contributed by atoms with Crippen LogP contribution in [0.25, 0.3) is 20.9 Å². The number of hydrogen-bond acceptors (Lipinski definition) is 3. The minimum absolute atomic E-state index is 0.0862. The Hall–Kier alpha value is -2.49. The summed E-state index contributed by atoms with van der Waals surface area (Å²) in [5.41, 5.74) is 16.8. The zero-order valence-electron chi connectivity index (χ0n) is 6.90. The van der Waals surface area contributed by atoms with Crippen LogP contribution in [0.2, 0.25) is 0 Å². The van der Waals surface area contributed by atoms with Gasteiger partial charge in [0.2, 0.25) is 0 Å². The molecule has 68 valence electrons. The van der Waals surface area contributed by atoms with Gasteiger partial charge in [-0.1, -0.05) is 28.4 Å². The molecule has 0 fully saturated rings. The third kappa shape index (κ3) is 1.81. The van der Waals surface area contributed by atoms with Gasteiger partial charge in [0.25, 0.3) is 0 Å². The number of azide groups is 2. The van der Waals surface area contributed by atoms with Crippen molar-refractivity contribution in [1.29, 1.82) is 0 Å². The Balaban J connectivity index is 3.45. The van der Waals surface area contributed by atoms with E-state index in [0.29, 0.717) is 6.29 Å². The van der Waals surface area contributed by atoms with Gasteiger partial charge in [0.05, 0.1) is 0 Å². The van der Waals surface area contributed by atoms with Crippen LogP contribution in [0, 0.1) is 0 Å². The van der Waals surface area contributed by atoms with Crippen molar-refractivity contribution >= 4 is 17.7 Å². The van der Waals surface area contributed by atoms with Gasteiger partial charge in [-0.15, -0.1) is 0 Å². The summed E-state index contributed by atoms with van der Waals surface area (Å²) in [6.07, 6.45) is 0.480. The summed E-state index contributed by atoms with van der Waals surface area (Å²) in [5.74, 6) is 0. The molecular weight excluding hydrogens is 184 g/mol. The Morgan fingerprint density at radius 1 is 1.14 bits per heavy atom. The van der Waals surface area contributed by atoms with Crippen LogP contribution in [-0.2, 0) is 0 Å². The van der Waals surface area contributed by atoms with E-state index in [9.17, 15) is 4.79 Å². The van der Waals surface area contributed by atoms with Crippen molar-refractivity contribution in [2.75, 3.05) is 0 Å². The Labute approximate surface area is 78.2 Å². The summed E-state index contributed by atoms with van der Waals surface area (Å²) in [6.45, 7) is 0.